The highest BCUT2D eigenvalue weighted by Crippen LogP contribution is 2.15. The number of aliphatic carboxylic acids is 1. The Morgan fingerprint density at radius 3 is 2.52 bits per heavy atom. The summed E-state index contributed by atoms with van der Waals surface area (Å²) in [4.78, 5) is 23.7. The third-order valence-corrected chi connectivity index (χ3v) is 4.05. The zero-order valence-electron chi connectivity index (χ0n) is 14.7. The van der Waals surface area contributed by atoms with Gasteiger partial charge in [-0.2, -0.15) is 5.10 Å². The van der Waals surface area contributed by atoms with Crippen LogP contribution in [0, 0.1) is 12.8 Å². The smallest absolute Gasteiger partial charge is 0.308 e. The Morgan fingerprint density at radius 2 is 2.00 bits per heavy atom. The molecule has 0 radical (unpaired) electrons. The molecule has 2 aromatic rings. The van der Waals surface area contributed by atoms with Gasteiger partial charge in [-0.15, -0.1) is 0 Å². The Bertz CT molecular complexity index is 737. The van der Waals surface area contributed by atoms with Crippen molar-refractivity contribution < 1.29 is 19.4 Å². The van der Waals surface area contributed by atoms with Gasteiger partial charge in [0.05, 0.1) is 24.3 Å². The van der Waals surface area contributed by atoms with Crippen LogP contribution < -0.4 is 10.1 Å². The summed E-state index contributed by atoms with van der Waals surface area (Å²) in [6.45, 7) is 4.32. The standard InChI is InChI=1S/C18H23N3O4/c1-4-25-15-7-5-13(6-8-15)9-14(18(23)24)10-19-17(22)16-11-20-21(3)12(16)2/h5-8,11,14H,4,9-10H2,1-3H3,(H,19,22)(H,23,24). The zero-order chi connectivity index (χ0) is 18.4. The molecule has 1 heterocycles. The van der Waals surface area contributed by atoms with Crippen LogP contribution in [0.1, 0.15) is 28.5 Å². The van der Waals surface area contributed by atoms with Crippen molar-refractivity contribution in [3.8, 4) is 5.75 Å². The molecular weight excluding hydrogens is 322 g/mol. The monoisotopic (exact) mass is 345 g/mol. The fraction of sp³-hybridized carbons (Fsp3) is 0.389. The predicted molar refractivity (Wildman–Crippen MR) is 92.7 cm³/mol. The first-order valence-electron chi connectivity index (χ1n) is 8.13. The van der Waals surface area contributed by atoms with Crippen LogP contribution in [-0.4, -0.2) is 39.9 Å². The van der Waals surface area contributed by atoms with Crippen LogP contribution in [0.15, 0.2) is 30.5 Å². The predicted octanol–water partition coefficient (Wildman–Crippen LogP) is 1.80. The number of hydrogen-bond acceptors (Lipinski definition) is 4. The van der Waals surface area contributed by atoms with Gasteiger partial charge < -0.3 is 15.2 Å². The fourth-order valence-corrected chi connectivity index (χ4v) is 2.45. The van der Waals surface area contributed by atoms with Crippen molar-refractivity contribution in [2.45, 2.75) is 20.3 Å². The summed E-state index contributed by atoms with van der Waals surface area (Å²) in [5, 5.41) is 16.1. The minimum Gasteiger partial charge on any atom is -0.494 e. The first kappa shape index (κ1) is 18.5. The van der Waals surface area contributed by atoms with Crippen molar-refractivity contribution in [1.82, 2.24) is 15.1 Å². The highest BCUT2D eigenvalue weighted by Gasteiger charge is 2.20. The Labute approximate surface area is 146 Å². The Kier molecular flexibility index (Phi) is 6.16. The fourth-order valence-electron chi connectivity index (χ4n) is 2.45. The van der Waals surface area contributed by atoms with Crippen molar-refractivity contribution >= 4 is 11.9 Å². The van der Waals surface area contributed by atoms with Crippen LogP contribution in [0.25, 0.3) is 0 Å². The Morgan fingerprint density at radius 1 is 1.32 bits per heavy atom. The number of hydrogen-bond donors (Lipinski definition) is 2. The molecule has 1 unspecified atom stereocenters. The van der Waals surface area contributed by atoms with Gasteiger partial charge in [-0.25, -0.2) is 0 Å². The molecule has 7 nitrogen and oxygen atoms in total. The van der Waals surface area contributed by atoms with Gasteiger partial charge in [-0.05, 0) is 38.0 Å². The van der Waals surface area contributed by atoms with Crippen LogP contribution in [0.2, 0.25) is 0 Å². The number of amides is 1. The zero-order valence-corrected chi connectivity index (χ0v) is 14.7. The molecule has 0 spiro atoms. The summed E-state index contributed by atoms with van der Waals surface area (Å²) in [5.74, 6) is -1.22. The first-order valence-corrected chi connectivity index (χ1v) is 8.13. The molecular formula is C18H23N3O4. The quantitative estimate of drug-likeness (QED) is 0.761. The van der Waals surface area contributed by atoms with E-state index in [-0.39, 0.29) is 12.5 Å². The number of benzene rings is 1. The second-order valence-electron chi connectivity index (χ2n) is 5.79. The maximum absolute atomic E-state index is 12.2. The van der Waals surface area contributed by atoms with Crippen LogP contribution in [-0.2, 0) is 18.3 Å². The first-order chi connectivity index (χ1) is 11.9. The summed E-state index contributed by atoms with van der Waals surface area (Å²) in [7, 11) is 1.75. The van der Waals surface area contributed by atoms with Crippen molar-refractivity contribution in [2.24, 2.45) is 13.0 Å². The van der Waals surface area contributed by atoms with Crippen LogP contribution in [0.5, 0.6) is 5.75 Å². The second-order valence-corrected chi connectivity index (χ2v) is 5.79. The lowest BCUT2D eigenvalue weighted by Crippen LogP contribution is -2.34. The van der Waals surface area contributed by atoms with E-state index < -0.39 is 11.9 Å². The number of carbonyl (C=O) groups is 2. The van der Waals surface area contributed by atoms with E-state index in [1.165, 1.54) is 6.20 Å². The number of nitrogens with zero attached hydrogens (tertiary/aromatic N) is 2. The summed E-state index contributed by atoms with van der Waals surface area (Å²) < 4.78 is 6.97. The number of carboxylic acids is 1. The van der Waals surface area contributed by atoms with Crippen LogP contribution >= 0.6 is 0 Å². The number of aryl methyl sites for hydroxylation is 1. The lowest BCUT2D eigenvalue weighted by Gasteiger charge is -2.14. The van der Waals surface area contributed by atoms with Gasteiger partial charge in [0.25, 0.3) is 5.91 Å². The lowest BCUT2D eigenvalue weighted by atomic mass is 9.99. The highest BCUT2D eigenvalue weighted by molar-refractivity contribution is 5.95. The average Bonchev–Trinajstić information content (AvgIpc) is 2.92. The summed E-state index contributed by atoms with van der Waals surface area (Å²) in [6, 6.07) is 7.31. The van der Waals surface area contributed by atoms with Crippen molar-refractivity contribution in [2.75, 3.05) is 13.2 Å². The van der Waals surface area contributed by atoms with Crippen LogP contribution in [0.4, 0.5) is 0 Å². The minimum atomic E-state index is -0.947. The molecule has 0 aliphatic heterocycles. The number of carboxylic acid groups (broad SMARTS) is 1. The molecule has 0 aliphatic carbocycles. The molecule has 2 N–H and O–H groups in total. The lowest BCUT2D eigenvalue weighted by molar-refractivity contribution is -0.141. The van der Waals surface area contributed by atoms with Crippen LogP contribution in [0.3, 0.4) is 0 Å². The summed E-state index contributed by atoms with van der Waals surface area (Å²) in [6.07, 6.45) is 1.81. The number of nitrogens with one attached hydrogen (secondary N) is 1. The molecule has 0 aliphatic rings. The van der Waals surface area contributed by atoms with Gasteiger partial charge in [0.2, 0.25) is 0 Å². The van der Waals surface area contributed by atoms with E-state index in [9.17, 15) is 14.7 Å². The van der Waals surface area contributed by atoms with E-state index >= 15 is 0 Å². The normalized spacial score (nSPS) is 11.8. The molecule has 0 saturated carbocycles. The highest BCUT2D eigenvalue weighted by atomic mass is 16.5. The van der Waals surface area contributed by atoms with E-state index in [0.29, 0.717) is 18.6 Å². The maximum Gasteiger partial charge on any atom is 0.308 e. The topological polar surface area (TPSA) is 93.5 Å². The van der Waals surface area contributed by atoms with Gasteiger partial charge in [0.15, 0.2) is 0 Å². The Balaban J connectivity index is 1.97. The molecule has 7 heteroatoms. The molecule has 134 valence electrons. The van der Waals surface area contributed by atoms with Gasteiger partial charge in [0.1, 0.15) is 5.75 Å². The number of rotatable bonds is 8. The third kappa shape index (κ3) is 4.82. The molecule has 1 amide bonds. The molecule has 25 heavy (non-hydrogen) atoms. The number of carbonyl (C=O) groups excluding carboxylic acids is 1. The minimum absolute atomic E-state index is 0.0513. The summed E-state index contributed by atoms with van der Waals surface area (Å²) >= 11 is 0. The molecule has 0 saturated heterocycles. The van der Waals surface area contributed by atoms with E-state index in [0.717, 1.165) is 17.0 Å². The average molecular weight is 345 g/mol. The van der Waals surface area contributed by atoms with E-state index in [4.69, 9.17) is 4.74 Å². The van der Waals surface area contributed by atoms with E-state index in [1.807, 2.05) is 31.2 Å². The SMILES string of the molecule is CCOc1ccc(CC(CNC(=O)c2cnn(C)c2C)C(=O)O)cc1. The van der Waals surface area contributed by atoms with E-state index in [1.54, 1.807) is 18.7 Å². The Hall–Kier alpha value is -2.83. The van der Waals surface area contributed by atoms with Crippen molar-refractivity contribution in [1.29, 1.82) is 0 Å². The molecule has 2 rings (SSSR count). The van der Waals surface area contributed by atoms with Gasteiger partial charge in [0, 0.05) is 19.3 Å². The largest absolute Gasteiger partial charge is 0.494 e. The maximum atomic E-state index is 12.2. The molecule has 0 bridgehead atoms. The van der Waals surface area contributed by atoms with Crippen molar-refractivity contribution in [3.63, 3.8) is 0 Å². The van der Waals surface area contributed by atoms with Crippen molar-refractivity contribution in [3.05, 3.63) is 47.3 Å². The summed E-state index contributed by atoms with van der Waals surface area (Å²) in [5.41, 5.74) is 2.06. The van der Waals surface area contributed by atoms with Gasteiger partial charge in [-0.1, -0.05) is 12.1 Å². The molecule has 1 atom stereocenters. The number of ether oxygens (including phenoxy) is 1. The third-order valence-electron chi connectivity index (χ3n) is 4.05. The molecule has 1 aromatic carbocycles. The second kappa shape index (κ2) is 8.32. The van der Waals surface area contributed by atoms with Gasteiger partial charge >= 0.3 is 5.97 Å². The van der Waals surface area contributed by atoms with Gasteiger partial charge in [-0.3, -0.25) is 14.3 Å². The number of aromatic nitrogens is 2. The molecule has 1 aromatic heterocycles. The molecule has 0 fully saturated rings. The van der Waals surface area contributed by atoms with E-state index in [2.05, 4.69) is 10.4 Å².